The number of benzene rings is 1. The van der Waals surface area contributed by atoms with Gasteiger partial charge in [-0.2, -0.15) is 5.10 Å². The van der Waals surface area contributed by atoms with Crippen molar-refractivity contribution in [3.8, 4) is 0 Å². The molecule has 0 aliphatic carbocycles. The molecule has 9 nitrogen and oxygen atoms in total. The number of H-pyrrole nitrogens is 1. The van der Waals surface area contributed by atoms with Crippen LogP contribution < -0.4 is 10.9 Å². The molecule has 0 unspecified atom stereocenters. The number of halogens is 2. The van der Waals surface area contributed by atoms with Crippen LogP contribution in [0.1, 0.15) is 34.2 Å². The number of nitrogens with zero attached hydrogens (tertiary/aromatic N) is 5. The van der Waals surface area contributed by atoms with E-state index < -0.39 is 0 Å². The first kappa shape index (κ1) is 21.9. The van der Waals surface area contributed by atoms with Crippen molar-refractivity contribution in [3.05, 3.63) is 66.9 Å². The van der Waals surface area contributed by atoms with E-state index in [0.29, 0.717) is 64.5 Å². The zero-order valence-electron chi connectivity index (χ0n) is 17.3. The van der Waals surface area contributed by atoms with E-state index in [-0.39, 0.29) is 17.5 Å². The van der Waals surface area contributed by atoms with E-state index in [1.165, 1.54) is 11.3 Å². The number of anilines is 1. The Morgan fingerprint density at radius 1 is 1.24 bits per heavy atom. The van der Waals surface area contributed by atoms with Gasteiger partial charge in [0.05, 0.1) is 22.3 Å². The highest BCUT2D eigenvalue weighted by Crippen LogP contribution is 2.26. The van der Waals surface area contributed by atoms with Crippen molar-refractivity contribution in [2.24, 2.45) is 0 Å². The predicted octanol–water partition coefficient (Wildman–Crippen LogP) is 3.97. The van der Waals surface area contributed by atoms with Crippen LogP contribution in [0.4, 0.5) is 5.95 Å². The summed E-state index contributed by atoms with van der Waals surface area (Å²) in [6.45, 7) is 1.59. The largest absolute Gasteiger partial charge is 0.352 e. The molecule has 170 valence electrons. The van der Waals surface area contributed by atoms with Gasteiger partial charge >= 0.3 is 0 Å². The van der Waals surface area contributed by atoms with Gasteiger partial charge < -0.3 is 10.2 Å². The van der Waals surface area contributed by atoms with E-state index in [4.69, 9.17) is 23.2 Å². The average molecular weight is 504 g/mol. The summed E-state index contributed by atoms with van der Waals surface area (Å²) >= 11 is 13.4. The second kappa shape index (κ2) is 9.12. The number of fused-ring (bicyclic) bond motifs is 1. The Balaban J connectivity index is 1.29. The molecule has 1 amide bonds. The number of nitrogens with one attached hydrogen (secondary N) is 2. The number of likely N-dealkylation sites (tertiary alicyclic amines) is 1. The van der Waals surface area contributed by atoms with E-state index in [1.54, 1.807) is 39.5 Å². The zero-order valence-corrected chi connectivity index (χ0v) is 19.6. The summed E-state index contributed by atoms with van der Waals surface area (Å²) in [4.78, 5) is 38.6. The third-order valence-corrected chi connectivity index (χ3v) is 7.11. The normalized spacial score (nSPS) is 14.7. The maximum absolute atomic E-state index is 12.9. The molecular formula is C21H19Cl2N7O2S. The maximum Gasteiger partial charge on any atom is 0.282 e. The van der Waals surface area contributed by atoms with Gasteiger partial charge in [0.15, 0.2) is 10.5 Å². The van der Waals surface area contributed by atoms with Crippen molar-refractivity contribution < 1.29 is 4.79 Å². The van der Waals surface area contributed by atoms with Gasteiger partial charge in [-0.3, -0.25) is 19.3 Å². The molecule has 1 fully saturated rings. The van der Waals surface area contributed by atoms with Gasteiger partial charge in [-0.05, 0) is 30.5 Å². The molecule has 5 rings (SSSR count). The number of aromatic nitrogens is 5. The minimum Gasteiger partial charge on any atom is -0.352 e. The molecule has 0 atom stereocenters. The Morgan fingerprint density at radius 2 is 2.06 bits per heavy atom. The van der Waals surface area contributed by atoms with Gasteiger partial charge in [0.2, 0.25) is 5.95 Å². The van der Waals surface area contributed by atoms with Gasteiger partial charge in [0.1, 0.15) is 5.52 Å². The summed E-state index contributed by atoms with van der Waals surface area (Å²) in [5.74, 6) is 0.299. The number of piperidine rings is 1. The van der Waals surface area contributed by atoms with Crippen LogP contribution in [0.25, 0.3) is 11.0 Å². The van der Waals surface area contributed by atoms with Gasteiger partial charge in [0, 0.05) is 31.2 Å². The van der Waals surface area contributed by atoms with Gasteiger partial charge in [-0.1, -0.05) is 29.3 Å². The molecule has 33 heavy (non-hydrogen) atoms. The predicted molar refractivity (Wildman–Crippen MR) is 128 cm³/mol. The Hall–Kier alpha value is -2.95. The van der Waals surface area contributed by atoms with Gasteiger partial charge in [0.25, 0.3) is 11.5 Å². The Labute approximate surface area is 202 Å². The summed E-state index contributed by atoms with van der Waals surface area (Å²) in [7, 11) is 0. The summed E-state index contributed by atoms with van der Waals surface area (Å²) < 4.78 is 1.73. The first-order chi connectivity index (χ1) is 16.0. The highest BCUT2D eigenvalue weighted by Gasteiger charge is 2.27. The molecule has 0 saturated carbocycles. The summed E-state index contributed by atoms with van der Waals surface area (Å²) in [5.41, 5.74) is 1.58. The molecule has 4 heterocycles. The lowest BCUT2D eigenvalue weighted by Crippen LogP contribution is -2.39. The topological polar surface area (TPSA) is 109 Å². The van der Waals surface area contributed by atoms with E-state index in [1.807, 2.05) is 6.07 Å². The molecule has 12 heteroatoms. The number of amides is 1. The minimum absolute atomic E-state index is 0.0146. The van der Waals surface area contributed by atoms with Crippen molar-refractivity contribution in [1.82, 2.24) is 29.6 Å². The smallest absolute Gasteiger partial charge is 0.282 e. The van der Waals surface area contributed by atoms with Crippen LogP contribution in [-0.4, -0.2) is 48.6 Å². The third-order valence-electron chi connectivity index (χ3n) is 5.61. The van der Waals surface area contributed by atoms with Crippen LogP contribution in [0, 0.1) is 0 Å². The van der Waals surface area contributed by atoms with Gasteiger partial charge in [-0.25, -0.2) is 9.97 Å². The Morgan fingerprint density at radius 3 is 2.79 bits per heavy atom. The summed E-state index contributed by atoms with van der Waals surface area (Å²) in [6, 6.07) is 5.35. The number of rotatable bonds is 5. The molecule has 2 N–H and O–H groups in total. The van der Waals surface area contributed by atoms with Crippen molar-refractivity contribution in [1.29, 1.82) is 0 Å². The van der Waals surface area contributed by atoms with Crippen LogP contribution in [0.3, 0.4) is 0 Å². The number of aromatic amines is 1. The SMILES string of the molecule is O=C(c1nccs1)N1CCC(n2ncc3nc(NCc4ccc(Cl)c(Cl)c4)[nH]c(=O)c32)CC1. The van der Waals surface area contributed by atoms with E-state index in [2.05, 4.69) is 25.4 Å². The molecule has 1 saturated heterocycles. The molecule has 4 aromatic rings. The van der Waals surface area contributed by atoms with Crippen LogP contribution in [0.2, 0.25) is 10.0 Å². The minimum atomic E-state index is -0.268. The van der Waals surface area contributed by atoms with Crippen molar-refractivity contribution >= 4 is 57.4 Å². The maximum atomic E-state index is 12.9. The summed E-state index contributed by atoms with van der Waals surface area (Å²) in [5, 5.41) is 10.8. The molecule has 0 spiro atoms. The van der Waals surface area contributed by atoms with Crippen LogP contribution in [0.15, 0.2) is 40.8 Å². The fourth-order valence-corrected chi connectivity index (χ4v) is 4.87. The highest BCUT2D eigenvalue weighted by molar-refractivity contribution is 7.11. The van der Waals surface area contributed by atoms with E-state index in [0.717, 1.165) is 5.56 Å². The average Bonchev–Trinajstić information content (AvgIpc) is 3.50. The molecule has 1 aromatic carbocycles. The zero-order chi connectivity index (χ0) is 22.9. The number of thiazole rings is 1. The summed E-state index contributed by atoms with van der Waals surface area (Å²) in [6.07, 6.45) is 4.63. The monoisotopic (exact) mass is 503 g/mol. The molecule has 0 radical (unpaired) electrons. The standard InChI is InChI=1S/C21H19Cl2N7O2S/c22-14-2-1-12(9-15(14)23)10-25-21-27-16-11-26-30(17(16)18(31)28-21)13-3-6-29(7-4-13)20(32)19-24-5-8-33-19/h1-2,5,8-9,11,13H,3-4,6-7,10H2,(H2,25,27,28,31). The quantitative estimate of drug-likeness (QED) is 0.426. The number of hydrogen-bond donors (Lipinski definition) is 2. The Bertz CT molecular complexity index is 1360. The molecule has 0 bridgehead atoms. The number of carbonyl (C=O) groups excluding carboxylic acids is 1. The first-order valence-electron chi connectivity index (χ1n) is 10.3. The lowest BCUT2D eigenvalue weighted by atomic mass is 10.1. The van der Waals surface area contributed by atoms with E-state index >= 15 is 0 Å². The van der Waals surface area contributed by atoms with Crippen molar-refractivity contribution in [3.63, 3.8) is 0 Å². The van der Waals surface area contributed by atoms with E-state index in [9.17, 15) is 9.59 Å². The number of hydrogen-bond acceptors (Lipinski definition) is 7. The number of carbonyl (C=O) groups is 1. The molecular weight excluding hydrogens is 485 g/mol. The lowest BCUT2D eigenvalue weighted by Gasteiger charge is -2.31. The molecule has 1 aliphatic rings. The van der Waals surface area contributed by atoms with Crippen LogP contribution >= 0.6 is 34.5 Å². The fraction of sp³-hybridized carbons (Fsp3) is 0.286. The molecule has 1 aliphatic heterocycles. The van der Waals surface area contributed by atoms with Crippen molar-refractivity contribution in [2.75, 3.05) is 18.4 Å². The van der Waals surface area contributed by atoms with Crippen LogP contribution in [0.5, 0.6) is 0 Å². The molecule has 3 aromatic heterocycles. The third kappa shape index (κ3) is 4.46. The van der Waals surface area contributed by atoms with Crippen LogP contribution in [-0.2, 0) is 6.54 Å². The first-order valence-corrected chi connectivity index (χ1v) is 12.0. The van der Waals surface area contributed by atoms with Crippen molar-refractivity contribution in [2.45, 2.75) is 25.4 Å². The second-order valence-electron chi connectivity index (χ2n) is 7.70. The Kier molecular flexibility index (Phi) is 6.05. The lowest BCUT2D eigenvalue weighted by molar-refractivity contribution is 0.0691. The highest BCUT2D eigenvalue weighted by atomic mass is 35.5. The fourth-order valence-electron chi connectivity index (χ4n) is 3.94. The van der Waals surface area contributed by atoms with Gasteiger partial charge in [-0.15, -0.1) is 11.3 Å². The second-order valence-corrected chi connectivity index (χ2v) is 9.41.